The van der Waals surface area contributed by atoms with Gasteiger partial charge in [0.1, 0.15) is 5.75 Å². The van der Waals surface area contributed by atoms with E-state index in [-0.39, 0.29) is 5.75 Å². The highest BCUT2D eigenvalue weighted by atomic mass is 16.5. The number of nitrogens with one attached hydrogen (secondary N) is 3. The number of aromatic nitrogens is 1. The van der Waals surface area contributed by atoms with Gasteiger partial charge in [0.2, 0.25) is 0 Å². The average molecular weight is 351 g/mol. The molecule has 0 radical (unpaired) electrons. The highest BCUT2D eigenvalue weighted by Crippen LogP contribution is 2.23. The Labute approximate surface area is 151 Å². The van der Waals surface area contributed by atoms with Crippen LogP contribution in [0.25, 0.3) is 17.0 Å². The van der Waals surface area contributed by atoms with Crippen molar-refractivity contribution in [2.45, 2.75) is 13.0 Å². The maximum atomic E-state index is 11.0. The largest absolute Gasteiger partial charge is 0.508 e. The summed E-state index contributed by atoms with van der Waals surface area (Å²) in [7, 11) is 0. The van der Waals surface area contributed by atoms with Crippen molar-refractivity contribution < 1.29 is 15.1 Å². The molecule has 2 aromatic carbocycles. The van der Waals surface area contributed by atoms with E-state index in [4.69, 9.17) is 5.21 Å². The number of phenolic OH excluding ortho intramolecular Hbond substituents is 1. The van der Waals surface area contributed by atoms with Crippen LogP contribution in [0.3, 0.4) is 0 Å². The van der Waals surface area contributed by atoms with Gasteiger partial charge in [-0.15, -0.1) is 0 Å². The number of hydrogen-bond acceptors (Lipinski definition) is 4. The van der Waals surface area contributed by atoms with Gasteiger partial charge in [0.25, 0.3) is 5.91 Å². The number of hydroxylamine groups is 1. The first-order chi connectivity index (χ1) is 12.7. The highest BCUT2D eigenvalue weighted by molar-refractivity contribution is 5.90. The van der Waals surface area contributed by atoms with E-state index < -0.39 is 5.91 Å². The minimum Gasteiger partial charge on any atom is -0.508 e. The van der Waals surface area contributed by atoms with Crippen LogP contribution in [-0.4, -0.2) is 27.7 Å². The van der Waals surface area contributed by atoms with E-state index in [0.717, 1.165) is 41.5 Å². The minimum absolute atomic E-state index is 0.275. The summed E-state index contributed by atoms with van der Waals surface area (Å²) in [4.78, 5) is 14.2. The van der Waals surface area contributed by atoms with E-state index in [9.17, 15) is 9.90 Å². The van der Waals surface area contributed by atoms with Crippen molar-refractivity contribution in [1.82, 2.24) is 15.8 Å². The molecule has 5 N–H and O–H groups in total. The molecule has 0 bridgehead atoms. The molecule has 3 aromatic rings. The molecule has 6 nitrogen and oxygen atoms in total. The monoisotopic (exact) mass is 351 g/mol. The van der Waals surface area contributed by atoms with Crippen LogP contribution < -0.4 is 10.8 Å². The molecule has 0 aliphatic rings. The molecule has 0 aliphatic heterocycles. The third-order valence-corrected chi connectivity index (χ3v) is 4.17. The Morgan fingerprint density at radius 3 is 2.73 bits per heavy atom. The average Bonchev–Trinajstić information content (AvgIpc) is 3.06. The van der Waals surface area contributed by atoms with Gasteiger partial charge < -0.3 is 15.4 Å². The van der Waals surface area contributed by atoms with Gasteiger partial charge in [-0.2, -0.15) is 0 Å². The van der Waals surface area contributed by atoms with Gasteiger partial charge in [0, 0.05) is 29.7 Å². The van der Waals surface area contributed by atoms with Gasteiger partial charge in [0.05, 0.1) is 0 Å². The molecule has 6 heteroatoms. The summed E-state index contributed by atoms with van der Waals surface area (Å²) in [5, 5.41) is 22.5. The van der Waals surface area contributed by atoms with E-state index in [0.29, 0.717) is 0 Å². The predicted molar refractivity (Wildman–Crippen MR) is 101 cm³/mol. The Hall–Kier alpha value is -3.09. The zero-order valence-corrected chi connectivity index (χ0v) is 14.2. The van der Waals surface area contributed by atoms with Gasteiger partial charge in [-0.25, -0.2) is 5.48 Å². The lowest BCUT2D eigenvalue weighted by Crippen LogP contribution is -2.16. The number of rotatable bonds is 7. The topological polar surface area (TPSA) is 97.4 Å². The number of aromatic hydroxyl groups is 1. The summed E-state index contributed by atoms with van der Waals surface area (Å²) in [6.07, 6.45) is 5.75. The molecule has 26 heavy (non-hydrogen) atoms. The van der Waals surface area contributed by atoms with Gasteiger partial charge in [-0.05, 0) is 53.9 Å². The molecule has 0 atom stereocenters. The highest BCUT2D eigenvalue weighted by Gasteiger charge is 2.04. The van der Waals surface area contributed by atoms with Crippen LogP contribution in [0.4, 0.5) is 0 Å². The maximum Gasteiger partial charge on any atom is 0.267 e. The number of carbonyl (C=O) groups is 1. The number of phenols is 1. The number of H-pyrrole nitrogens is 1. The van der Waals surface area contributed by atoms with E-state index in [1.807, 2.05) is 36.5 Å². The van der Waals surface area contributed by atoms with Crippen molar-refractivity contribution in [2.24, 2.45) is 0 Å². The maximum absolute atomic E-state index is 11.0. The fraction of sp³-hybridized carbons (Fsp3) is 0.150. The van der Waals surface area contributed by atoms with Crippen LogP contribution in [0, 0.1) is 0 Å². The number of carbonyl (C=O) groups excluding carboxylic acids is 1. The molecule has 134 valence electrons. The molecule has 0 spiro atoms. The number of benzene rings is 2. The summed E-state index contributed by atoms with van der Waals surface area (Å²) in [6.45, 7) is 1.57. The fourth-order valence-corrected chi connectivity index (χ4v) is 2.78. The second kappa shape index (κ2) is 8.33. The van der Waals surface area contributed by atoms with Crippen molar-refractivity contribution in [3.63, 3.8) is 0 Å². The minimum atomic E-state index is -0.554. The second-order valence-corrected chi connectivity index (χ2v) is 6.02. The van der Waals surface area contributed by atoms with Gasteiger partial charge in [0.15, 0.2) is 0 Å². The van der Waals surface area contributed by atoms with Crippen molar-refractivity contribution in [2.75, 3.05) is 6.54 Å². The quantitative estimate of drug-likeness (QED) is 0.196. The lowest BCUT2D eigenvalue weighted by Gasteiger charge is -2.05. The third-order valence-electron chi connectivity index (χ3n) is 4.17. The van der Waals surface area contributed by atoms with Crippen molar-refractivity contribution in [3.8, 4) is 5.75 Å². The van der Waals surface area contributed by atoms with Crippen molar-refractivity contribution >= 4 is 22.9 Å². The summed E-state index contributed by atoms with van der Waals surface area (Å²) in [5.41, 5.74) is 5.78. The Kier molecular flexibility index (Phi) is 5.68. The van der Waals surface area contributed by atoms with Crippen LogP contribution >= 0.6 is 0 Å². The molecule has 0 fully saturated rings. The lowest BCUT2D eigenvalue weighted by atomic mass is 10.1. The molecule has 0 unspecified atom stereocenters. The zero-order valence-electron chi connectivity index (χ0n) is 14.2. The van der Waals surface area contributed by atoms with E-state index in [1.54, 1.807) is 23.7 Å². The normalized spacial score (nSPS) is 11.3. The Balaban J connectivity index is 1.49. The van der Waals surface area contributed by atoms with Crippen LogP contribution in [0.15, 0.2) is 54.7 Å². The molecule has 1 heterocycles. The van der Waals surface area contributed by atoms with Crippen LogP contribution in [0.1, 0.15) is 16.7 Å². The van der Waals surface area contributed by atoms with Crippen LogP contribution in [0.5, 0.6) is 5.75 Å². The molecule has 0 saturated carbocycles. The molecule has 0 saturated heterocycles. The van der Waals surface area contributed by atoms with Crippen molar-refractivity contribution in [3.05, 3.63) is 71.4 Å². The summed E-state index contributed by atoms with van der Waals surface area (Å²) < 4.78 is 0. The molecule has 1 amide bonds. The van der Waals surface area contributed by atoms with Gasteiger partial charge in [-0.3, -0.25) is 10.0 Å². The Morgan fingerprint density at radius 2 is 1.96 bits per heavy atom. The smallest absolute Gasteiger partial charge is 0.267 e. The number of fused-ring (bicyclic) bond motifs is 1. The molecule has 1 aromatic heterocycles. The molecular formula is C20H21N3O3. The summed E-state index contributed by atoms with van der Waals surface area (Å²) in [5.74, 6) is -0.279. The second-order valence-electron chi connectivity index (χ2n) is 6.02. The number of amides is 1. The van der Waals surface area contributed by atoms with Gasteiger partial charge >= 0.3 is 0 Å². The van der Waals surface area contributed by atoms with Crippen molar-refractivity contribution in [1.29, 1.82) is 0 Å². The SMILES string of the molecule is O=C(C=Cc1ccc(CNCCc2c[nH]c3ccc(O)cc23)cc1)NO. The molecule has 3 rings (SSSR count). The number of aromatic amines is 1. The lowest BCUT2D eigenvalue weighted by molar-refractivity contribution is -0.124. The molecular weight excluding hydrogens is 330 g/mol. The third kappa shape index (κ3) is 4.50. The van der Waals surface area contributed by atoms with Crippen LogP contribution in [-0.2, 0) is 17.8 Å². The zero-order chi connectivity index (χ0) is 18.4. The summed E-state index contributed by atoms with van der Waals surface area (Å²) >= 11 is 0. The first kappa shape index (κ1) is 17.7. The fourth-order valence-electron chi connectivity index (χ4n) is 2.78. The number of hydrogen-bond donors (Lipinski definition) is 5. The van der Waals surface area contributed by atoms with E-state index in [1.165, 1.54) is 11.6 Å². The molecule has 0 aliphatic carbocycles. The Bertz CT molecular complexity index is 914. The van der Waals surface area contributed by atoms with Crippen LogP contribution in [0.2, 0.25) is 0 Å². The first-order valence-corrected chi connectivity index (χ1v) is 8.36. The van der Waals surface area contributed by atoms with E-state index in [2.05, 4.69) is 10.3 Å². The Morgan fingerprint density at radius 1 is 1.15 bits per heavy atom. The first-order valence-electron chi connectivity index (χ1n) is 8.36. The summed E-state index contributed by atoms with van der Waals surface area (Å²) in [6, 6.07) is 13.2. The predicted octanol–water partition coefficient (Wildman–Crippen LogP) is 2.72. The van der Waals surface area contributed by atoms with Gasteiger partial charge in [-0.1, -0.05) is 24.3 Å². The van der Waals surface area contributed by atoms with E-state index >= 15 is 0 Å². The standard InChI is InChI=1S/C20H21N3O3/c24-17-6-7-19-18(11-17)16(13-22-19)9-10-21-12-15-3-1-14(2-4-15)5-8-20(25)23-26/h1-8,11,13,21-22,24,26H,9-10,12H2,(H,23,25).